The molecule has 3 aromatic rings. The van der Waals surface area contributed by atoms with Crippen LogP contribution in [0, 0.1) is 11.6 Å². The van der Waals surface area contributed by atoms with Crippen LogP contribution in [-0.2, 0) is 23.4 Å². The number of hydrogen-bond donors (Lipinski definition) is 2. The molecule has 2 aromatic carbocycles. The number of rotatable bonds is 5. The van der Waals surface area contributed by atoms with Gasteiger partial charge >= 0.3 is 0 Å². The summed E-state index contributed by atoms with van der Waals surface area (Å²) in [6.45, 7) is 7.35. The molecule has 0 atom stereocenters. The summed E-state index contributed by atoms with van der Waals surface area (Å²) in [6, 6.07) is 11.7. The number of ether oxygens (including phenoxy) is 1. The molecule has 0 spiro atoms. The summed E-state index contributed by atoms with van der Waals surface area (Å²) in [5.41, 5.74) is 2.91. The first kappa shape index (κ1) is 22.5. The van der Waals surface area contributed by atoms with Crippen LogP contribution in [0.4, 0.5) is 20.3 Å². The number of carbonyl (C=O) groups excluding carboxylic acids is 1. The Labute approximate surface area is 196 Å². The van der Waals surface area contributed by atoms with Crippen molar-refractivity contribution in [2.45, 2.75) is 32.5 Å². The van der Waals surface area contributed by atoms with Crippen LogP contribution in [0.25, 0.3) is 0 Å². The van der Waals surface area contributed by atoms with E-state index < -0.39 is 17.2 Å². The maximum absolute atomic E-state index is 14.3. The maximum atomic E-state index is 14.3. The van der Waals surface area contributed by atoms with Crippen LogP contribution < -0.4 is 10.2 Å². The van der Waals surface area contributed by atoms with Gasteiger partial charge in [0.1, 0.15) is 0 Å². The SMILES string of the molecule is CC1(C)c2[nH]nc(NC(=O)c3ccccc3N3CCOCC3)c2CN1Cc1cccc(F)c1F. The predicted octanol–water partition coefficient (Wildman–Crippen LogP) is 4.03. The predicted molar refractivity (Wildman–Crippen MR) is 125 cm³/mol. The van der Waals surface area contributed by atoms with Crippen molar-refractivity contribution < 1.29 is 18.3 Å². The molecule has 34 heavy (non-hydrogen) atoms. The Morgan fingerprint density at radius 1 is 1.15 bits per heavy atom. The number of aromatic amines is 1. The number of nitrogens with zero attached hydrogens (tertiary/aromatic N) is 3. The molecule has 0 aliphatic carbocycles. The van der Waals surface area contributed by atoms with Crippen molar-refractivity contribution in [2.24, 2.45) is 0 Å². The van der Waals surface area contributed by atoms with Gasteiger partial charge < -0.3 is 15.0 Å². The fourth-order valence-electron chi connectivity index (χ4n) is 4.73. The van der Waals surface area contributed by atoms with Crippen LogP contribution in [0.15, 0.2) is 42.5 Å². The van der Waals surface area contributed by atoms with E-state index in [2.05, 4.69) is 20.4 Å². The third kappa shape index (κ3) is 3.95. The van der Waals surface area contributed by atoms with E-state index in [-0.39, 0.29) is 18.0 Å². The summed E-state index contributed by atoms with van der Waals surface area (Å²) in [5, 5.41) is 10.4. The van der Waals surface area contributed by atoms with Crippen LogP contribution in [0.3, 0.4) is 0 Å². The molecule has 1 amide bonds. The lowest BCUT2D eigenvalue weighted by atomic mass is 10.00. The summed E-state index contributed by atoms with van der Waals surface area (Å²) >= 11 is 0. The Balaban J connectivity index is 1.37. The van der Waals surface area contributed by atoms with Crippen LogP contribution in [0.5, 0.6) is 0 Å². The molecule has 5 rings (SSSR count). The van der Waals surface area contributed by atoms with Gasteiger partial charge in [-0.25, -0.2) is 8.78 Å². The van der Waals surface area contributed by atoms with E-state index in [4.69, 9.17) is 4.74 Å². The smallest absolute Gasteiger partial charge is 0.258 e. The van der Waals surface area contributed by atoms with Gasteiger partial charge in [-0.1, -0.05) is 24.3 Å². The highest BCUT2D eigenvalue weighted by Crippen LogP contribution is 2.41. The molecule has 0 radical (unpaired) electrons. The number of fused-ring (bicyclic) bond motifs is 1. The second-order valence-corrected chi connectivity index (χ2v) is 9.12. The van der Waals surface area contributed by atoms with Gasteiger partial charge in [0.25, 0.3) is 5.91 Å². The third-order valence-corrected chi connectivity index (χ3v) is 6.74. The largest absolute Gasteiger partial charge is 0.378 e. The van der Waals surface area contributed by atoms with Gasteiger partial charge in [-0.2, -0.15) is 5.10 Å². The van der Waals surface area contributed by atoms with Gasteiger partial charge in [-0.05, 0) is 32.0 Å². The van der Waals surface area contributed by atoms with Gasteiger partial charge in [0.05, 0.1) is 30.0 Å². The fourth-order valence-corrected chi connectivity index (χ4v) is 4.73. The number of hydrogen-bond acceptors (Lipinski definition) is 5. The van der Waals surface area contributed by atoms with Crippen molar-refractivity contribution in [1.29, 1.82) is 0 Å². The molecular weight excluding hydrogens is 440 g/mol. The van der Waals surface area contributed by atoms with Crippen molar-refractivity contribution in [3.8, 4) is 0 Å². The second kappa shape index (κ2) is 8.81. The number of benzene rings is 2. The van der Waals surface area contributed by atoms with Gasteiger partial charge in [-0.15, -0.1) is 0 Å². The molecule has 9 heteroatoms. The fraction of sp³-hybridized carbons (Fsp3) is 0.360. The molecule has 0 saturated carbocycles. The first-order chi connectivity index (χ1) is 16.4. The van der Waals surface area contributed by atoms with Crippen LogP contribution in [0.1, 0.15) is 41.0 Å². The average Bonchev–Trinajstić information content (AvgIpc) is 3.35. The highest BCUT2D eigenvalue weighted by molar-refractivity contribution is 6.08. The number of anilines is 2. The Kier molecular flexibility index (Phi) is 5.83. The minimum Gasteiger partial charge on any atom is -0.378 e. The summed E-state index contributed by atoms with van der Waals surface area (Å²) in [4.78, 5) is 17.4. The monoisotopic (exact) mass is 467 g/mol. The van der Waals surface area contributed by atoms with Gasteiger partial charge in [0.2, 0.25) is 0 Å². The van der Waals surface area contributed by atoms with E-state index in [0.29, 0.717) is 31.1 Å². The number of carbonyl (C=O) groups is 1. The molecule has 2 aliphatic rings. The van der Waals surface area contributed by atoms with Gasteiger partial charge in [0.15, 0.2) is 17.5 Å². The zero-order valence-corrected chi connectivity index (χ0v) is 19.2. The number of aromatic nitrogens is 2. The molecule has 2 aliphatic heterocycles. The summed E-state index contributed by atoms with van der Waals surface area (Å²) in [7, 11) is 0. The topological polar surface area (TPSA) is 73.5 Å². The minimum atomic E-state index is -0.860. The van der Waals surface area contributed by atoms with E-state index in [0.717, 1.165) is 36.1 Å². The number of morpholine rings is 1. The molecule has 1 aromatic heterocycles. The minimum absolute atomic E-state index is 0.229. The maximum Gasteiger partial charge on any atom is 0.258 e. The molecular formula is C25H27F2N5O2. The molecule has 7 nitrogen and oxygen atoms in total. The quantitative estimate of drug-likeness (QED) is 0.593. The summed E-state index contributed by atoms with van der Waals surface area (Å²) < 4.78 is 33.5. The van der Waals surface area contributed by atoms with Crippen LogP contribution in [0.2, 0.25) is 0 Å². The molecule has 0 unspecified atom stereocenters. The van der Waals surface area contributed by atoms with Gasteiger partial charge in [0, 0.05) is 43.0 Å². The number of para-hydroxylation sites is 1. The summed E-state index contributed by atoms with van der Waals surface area (Å²) in [6.07, 6.45) is 0. The first-order valence-electron chi connectivity index (χ1n) is 11.3. The van der Waals surface area contributed by atoms with Crippen molar-refractivity contribution in [3.05, 3.63) is 76.5 Å². The molecule has 1 fully saturated rings. The Morgan fingerprint density at radius 2 is 1.91 bits per heavy atom. The standard InChI is InChI=1S/C25H27F2N5O2/c1-25(2)22-18(15-32(25)14-16-6-5-8-19(26)21(16)27)23(30-29-22)28-24(33)17-7-3-4-9-20(17)31-10-12-34-13-11-31/h3-9H,10-15H2,1-2H3,(H2,28,29,30,33). The van der Waals surface area contributed by atoms with E-state index in [9.17, 15) is 13.6 Å². The first-order valence-corrected chi connectivity index (χ1v) is 11.3. The molecule has 0 bridgehead atoms. The van der Waals surface area contributed by atoms with E-state index >= 15 is 0 Å². The van der Waals surface area contributed by atoms with E-state index in [1.54, 1.807) is 12.1 Å². The van der Waals surface area contributed by atoms with Crippen molar-refractivity contribution in [3.63, 3.8) is 0 Å². The third-order valence-electron chi connectivity index (χ3n) is 6.74. The highest BCUT2D eigenvalue weighted by atomic mass is 19.2. The highest BCUT2D eigenvalue weighted by Gasteiger charge is 2.41. The van der Waals surface area contributed by atoms with Crippen molar-refractivity contribution in [2.75, 3.05) is 36.5 Å². The van der Waals surface area contributed by atoms with Crippen molar-refractivity contribution >= 4 is 17.4 Å². The van der Waals surface area contributed by atoms with Crippen LogP contribution >= 0.6 is 0 Å². The second-order valence-electron chi connectivity index (χ2n) is 9.12. The molecule has 3 heterocycles. The summed E-state index contributed by atoms with van der Waals surface area (Å²) in [5.74, 6) is -1.49. The molecule has 178 valence electrons. The average molecular weight is 468 g/mol. The Bertz CT molecular complexity index is 1220. The Morgan fingerprint density at radius 3 is 2.71 bits per heavy atom. The van der Waals surface area contributed by atoms with Gasteiger partial charge in [-0.3, -0.25) is 14.8 Å². The van der Waals surface area contributed by atoms with Crippen molar-refractivity contribution in [1.82, 2.24) is 15.1 Å². The number of nitrogens with one attached hydrogen (secondary N) is 2. The zero-order valence-electron chi connectivity index (χ0n) is 19.2. The molecule has 1 saturated heterocycles. The zero-order chi connectivity index (χ0) is 23.9. The van der Waals surface area contributed by atoms with E-state index in [1.165, 1.54) is 6.07 Å². The Hall–Kier alpha value is -3.30. The van der Waals surface area contributed by atoms with E-state index in [1.807, 2.05) is 36.9 Å². The number of H-pyrrole nitrogens is 1. The normalized spacial score (nSPS) is 17.6. The number of halogens is 2. The molecule has 2 N–H and O–H groups in total. The number of amides is 1. The lowest BCUT2D eigenvalue weighted by Gasteiger charge is -2.31. The lowest BCUT2D eigenvalue weighted by molar-refractivity contribution is 0.102. The lowest BCUT2D eigenvalue weighted by Crippen LogP contribution is -2.37. The van der Waals surface area contributed by atoms with Crippen LogP contribution in [-0.4, -0.2) is 47.3 Å².